The molecule has 5 aromatic rings. The summed E-state index contributed by atoms with van der Waals surface area (Å²) in [6.45, 7) is 0. The van der Waals surface area contributed by atoms with Gasteiger partial charge in [-0.15, -0.1) is 11.3 Å². The number of thiazole rings is 1. The number of hydrazone groups is 1. The molecule has 0 radical (unpaired) electrons. The van der Waals surface area contributed by atoms with Gasteiger partial charge in [-0.2, -0.15) is 5.10 Å². The van der Waals surface area contributed by atoms with Crippen molar-refractivity contribution in [1.82, 2.24) is 4.98 Å². The SMILES string of the molecule is O=c1oc2ccccc2cc1-c1csc(N2N=C3/C(=C\c4ccccc4)CCC[C@@H]3[C@H]2c2ccccc2)n1. The highest BCUT2D eigenvalue weighted by atomic mass is 32.1. The first-order chi connectivity index (χ1) is 18.7. The van der Waals surface area contributed by atoms with Crippen molar-refractivity contribution >= 4 is 39.2 Å². The van der Waals surface area contributed by atoms with Crippen molar-refractivity contribution in [3.63, 3.8) is 0 Å². The van der Waals surface area contributed by atoms with Crippen molar-refractivity contribution in [2.45, 2.75) is 25.3 Å². The van der Waals surface area contributed by atoms with Crippen LogP contribution in [0.15, 0.2) is 116 Å². The van der Waals surface area contributed by atoms with Crippen molar-refractivity contribution in [3.8, 4) is 11.3 Å². The molecule has 186 valence electrons. The summed E-state index contributed by atoms with van der Waals surface area (Å²) >= 11 is 1.51. The van der Waals surface area contributed by atoms with E-state index < -0.39 is 0 Å². The summed E-state index contributed by atoms with van der Waals surface area (Å²) in [7, 11) is 0. The molecule has 0 saturated heterocycles. The van der Waals surface area contributed by atoms with Crippen LogP contribution in [0.5, 0.6) is 0 Å². The van der Waals surface area contributed by atoms with Gasteiger partial charge in [0.25, 0.3) is 0 Å². The minimum atomic E-state index is -0.380. The lowest BCUT2D eigenvalue weighted by atomic mass is 9.77. The average Bonchev–Trinajstić information content (AvgIpc) is 3.60. The van der Waals surface area contributed by atoms with Crippen LogP contribution in [-0.4, -0.2) is 10.7 Å². The number of hydrogen-bond donors (Lipinski definition) is 0. The molecule has 6 heteroatoms. The topological polar surface area (TPSA) is 58.7 Å². The number of fused-ring (bicyclic) bond motifs is 2. The van der Waals surface area contributed by atoms with Gasteiger partial charge in [0, 0.05) is 16.7 Å². The summed E-state index contributed by atoms with van der Waals surface area (Å²) in [4.78, 5) is 17.8. The molecule has 1 fully saturated rings. The number of aromatic nitrogens is 1. The van der Waals surface area contributed by atoms with Gasteiger partial charge in [0.1, 0.15) is 5.58 Å². The van der Waals surface area contributed by atoms with E-state index in [0.717, 1.165) is 35.5 Å². The van der Waals surface area contributed by atoms with Crippen LogP contribution in [0.4, 0.5) is 5.13 Å². The van der Waals surface area contributed by atoms with E-state index >= 15 is 0 Å². The molecule has 0 N–H and O–H groups in total. The highest BCUT2D eigenvalue weighted by Crippen LogP contribution is 2.47. The molecule has 3 heterocycles. The molecular formula is C32H25N3O2S. The highest BCUT2D eigenvalue weighted by Gasteiger charge is 2.42. The number of benzene rings is 3. The number of allylic oxidation sites excluding steroid dienone is 1. The molecule has 2 aromatic heterocycles. The summed E-state index contributed by atoms with van der Waals surface area (Å²) in [5, 5.41) is 10.9. The van der Waals surface area contributed by atoms with Gasteiger partial charge in [0.2, 0.25) is 5.13 Å². The molecule has 0 amide bonds. The Hall–Kier alpha value is -4.29. The average molecular weight is 516 g/mol. The Kier molecular flexibility index (Phi) is 5.74. The maximum absolute atomic E-state index is 12.8. The van der Waals surface area contributed by atoms with E-state index in [9.17, 15) is 4.79 Å². The van der Waals surface area contributed by atoms with E-state index in [4.69, 9.17) is 14.5 Å². The summed E-state index contributed by atoms with van der Waals surface area (Å²) in [6.07, 6.45) is 5.50. The van der Waals surface area contributed by atoms with Gasteiger partial charge in [-0.05, 0) is 54.2 Å². The van der Waals surface area contributed by atoms with Crippen molar-refractivity contribution < 1.29 is 4.42 Å². The fourth-order valence-corrected chi connectivity index (χ4v) is 6.44. The largest absolute Gasteiger partial charge is 0.422 e. The number of anilines is 1. The predicted octanol–water partition coefficient (Wildman–Crippen LogP) is 7.72. The van der Waals surface area contributed by atoms with Gasteiger partial charge < -0.3 is 4.42 Å². The Balaban J connectivity index is 1.32. The van der Waals surface area contributed by atoms with Crippen LogP contribution in [0.3, 0.4) is 0 Å². The molecule has 3 aromatic carbocycles. The molecule has 2 aliphatic rings. The van der Waals surface area contributed by atoms with E-state index in [1.807, 2.05) is 41.8 Å². The number of para-hydroxylation sites is 1. The molecule has 1 aliphatic carbocycles. The number of rotatable bonds is 4. The fourth-order valence-electron chi connectivity index (χ4n) is 5.63. The second-order valence-electron chi connectivity index (χ2n) is 9.76. The van der Waals surface area contributed by atoms with Crippen LogP contribution in [0.1, 0.15) is 36.4 Å². The zero-order valence-corrected chi connectivity index (χ0v) is 21.5. The minimum absolute atomic E-state index is 0.0534. The Morgan fingerprint density at radius 2 is 1.71 bits per heavy atom. The van der Waals surface area contributed by atoms with Gasteiger partial charge in [-0.3, -0.25) is 0 Å². The third kappa shape index (κ3) is 4.07. The van der Waals surface area contributed by atoms with E-state index in [1.54, 1.807) is 6.07 Å². The molecule has 7 rings (SSSR count). The van der Waals surface area contributed by atoms with Crippen LogP contribution in [0.2, 0.25) is 0 Å². The number of hydrogen-bond acceptors (Lipinski definition) is 6. The second-order valence-corrected chi connectivity index (χ2v) is 10.6. The normalized spacial score (nSPS) is 20.1. The summed E-state index contributed by atoms with van der Waals surface area (Å²) in [6, 6.07) is 30.5. The van der Waals surface area contributed by atoms with Crippen LogP contribution in [0.25, 0.3) is 28.3 Å². The van der Waals surface area contributed by atoms with E-state index in [2.05, 4.69) is 59.6 Å². The second kappa shape index (κ2) is 9.54. The van der Waals surface area contributed by atoms with Crippen molar-refractivity contribution in [1.29, 1.82) is 0 Å². The highest BCUT2D eigenvalue weighted by molar-refractivity contribution is 7.14. The van der Waals surface area contributed by atoms with Crippen molar-refractivity contribution in [3.05, 3.63) is 123 Å². The van der Waals surface area contributed by atoms with Crippen molar-refractivity contribution in [2.75, 3.05) is 5.01 Å². The van der Waals surface area contributed by atoms with Gasteiger partial charge >= 0.3 is 5.63 Å². The number of nitrogens with zero attached hydrogens (tertiary/aromatic N) is 3. The maximum Gasteiger partial charge on any atom is 0.345 e. The minimum Gasteiger partial charge on any atom is -0.422 e. The molecule has 0 bridgehead atoms. The molecule has 2 atom stereocenters. The van der Waals surface area contributed by atoms with Gasteiger partial charge in [0.05, 0.1) is 23.0 Å². The first-order valence-corrected chi connectivity index (χ1v) is 13.8. The van der Waals surface area contributed by atoms with Gasteiger partial charge in [0.15, 0.2) is 0 Å². The van der Waals surface area contributed by atoms with Crippen LogP contribution in [0, 0.1) is 5.92 Å². The Morgan fingerprint density at radius 1 is 0.947 bits per heavy atom. The van der Waals surface area contributed by atoms with E-state index in [1.165, 1.54) is 28.0 Å². The standard InChI is InChI=1S/C32H25N3O2S/c36-31-26(19-23-14-7-8-17-28(23)37-31)27-20-38-32(33-27)35-30(22-12-5-2-6-13-22)25-16-9-15-24(29(25)34-35)18-21-10-3-1-4-11-21/h1-8,10-14,17-20,25,30H,9,15-16H2/b24-18-/t25-,30+/m0/s1. The first-order valence-electron chi connectivity index (χ1n) is 12.9. The quantitative estimate of drug-likeness (QED) is 0.230. The van der Waals surface area contributed by atoms with Gasteiger partial charge in [-0.25, -0.2) is 14.8 Å². The van der Waals surface area contributed by atoms with Crippen LogP contribution < -0.4 is 10.6 Å². The smallest absolute Gasteiger partial charge is 0.345 e. The maximum atomic E-state index is 12.8. The summed E-state index contributed by atoms with van der Waals surface area (Å²) in [5.41, 5.74) is 6.14. The first kappa shape index (κ1) is 22.9. The zero-order valence-electron chi connectivity index (χ0n) is 20.7. The summed E-state index contributed by atoms with van der Waals surface area (Å²) in [5.74, 6) is 0.277. The van der Waals surface area contributed by atoms with Crippen LogP contribution >= 0.6 is 11.3 Å². The predicted molar refractivity (Wildman–Crippen MR) is 154 cm³/mol. The third-order valence-electron chi connectivity index (χ3n) is 7.39. The Labute approximate surface area is 224 Å². The lowest BCUT2D eigenvalue weighted by Gasteiger charge is -2.29. The van der Waals surface area contributed by atoms with Gasteiger partial charge in [-0.1, -0.05) is 78.9 Å². The molecule has 38 heavy (non-hydrogen) atoms. The zero-order chi connectivity index (χ0) is 25.5. The molecular weight excluding hydrogens is 490 g/mol. The van der Waals surface area contributed by atoms with E-state index in [0.29, 0.717) is 16.8 Å². The third-order valence-corrected chi connectivity index (χ3v) is 8.22. The molecule has 1 aliphatic heterocycles. The fraction of sp³-hybridized carbons (Fsp3) is 0.156. The Morgan fingerprint density at radius 3 is 2.55 bits per heavy atom. The Bertz CT molecular complexity index is 1740. The van der Waals surface area contributed by atoms with Crippen molar-refractivity contribution in [2.24, 2.45) is 11.0 Å². The molecule has 5 nitrogen and oxygen atoms in total. The summed E-state index contributed by atoms with van der Waals surface area (Å²) < 4.78 is 5.58. The lowest BCUT2D eigenvalue weighted by molar-refractivity contribution is 0.487. The molecule has 0 spiro atoms. The lowest BCUT2D eigenvalue weighted by Crippen LogP contribution is -2.28. The molecule has 1 saturated carbocycles. The van der Waals surface area contributed by atoms with E-state index in [-0.39, 0.29) is 17.6 Å². The van der Waals surface area contributed by atoms with Crippen LogP contribution in [-0.2, 0) is 0 Å². The molecule has 0 unspecified atom stereocenters. The monoisotopic (exact) mass is 515 g/mol.